The molecule has 0 atom stereocenters. The molecule has 1 aromatic carbocycles. The standard InChI is InChI=1S/C14H16ClFN2/c1-10-5-12(15)11(6-13(10)16)7-18-9-14(8-17)3-2-4-14/h5-6,18H,2-4,7,9H2,1H3. The molecular formula is C14H16ClFN2. The van der Waals surface area contributed by atoms with Crippen LogP contribution in [0.25, 0.3) is 0 Å². The number of nitrogens with zero attached hydrogens (tertiary/aromatic N) is 1. The number of halogens is 2. The first-order chi connectivity index (χ1) is 8.56. The summed E-state index contributed by atoms with van der Waals surface area (Å²) in [5.74, 6) is -0.241. The summed E-state index contributed by atoms with van der Waals surface area (Å²) >= 11 is 6.06. The molecule has 0 bridgehead atoms. The Labute approximate surface area is 112 Å². The van der Waals surface area contributed by atoms with Gasteiger partial charge in [0.1, 0.15) is 5.82 Å². The third kappa shape index (κ3) is 2.66. The van der Waals surface area contributed by atoms with Gasteiger partial charge in [-0.15, -0.1) is 0 Å². The molecule has 0 amide bonds. The molecule has 0 unspecified atom stereocenters. The number of benzene rings is 1. The largest absolute Gasteiger partial charge is 0.311 e. The van der Waals surface area contributed by atoms with Gasteiger partial charge in [-0.2, -0.15) is 5.26 Å². The van der Waals surface area contributed by atoms with Gasteiger partial charge in [-0.1, -0.05) is 18.0 Å². The van der Waals surface area contributed by atoms with Crippen molar-refractivity contribution in [1.82, 2.24) is 5.32 Å². The monoisotopic (exact) mass is 266 g/mol. The average Bonchev–Trinajstić information content (AvgIpc) is 2.29. The Morgan fingerprint density at radius 1 is 1.50 bits per heavy atom. The Kier molecular flexibility index (Phi) is 3.89. The molecule has 0 aromatic heterocycles. The van der Waals surface area contributed by atoms with Gasteiger partial charge in [0.15, 0.2) is 0 Å². The van der Waals surface area contributed by atoms with Crippen LogP contribution < -0.4 is 5.32 Å². The summed E-state index contributed by atoms with van der Waals surface area (Å²) in [6.07, 6.45) is 3.02. The number of nitriles is 1. The van der Waals surface area contributed by atoms with Crippen molar-refractivity contribution in [3.63, 3.8) is 0 Å². The summed E-state index contributed by atoms with van der Waals surface area (Å²) in [5.41, 5.74) is 1.08. The van der Waals surface area contributed by atoms with E-state index in [9.17, 15) is 4.39 Å². The molecule has 4 heteroatoms. The van der Waals surface area contributed by atoms with Gasteiger partial charge in [-0.05, 0) is 43.0 Å². The molecule has 0 aliphatic heterocycles. The van der Waals surface area contributed by atoms with Gasteiger partial charge in [0, 0.05) is 18.1 Å². The maximum Gasteiger partial charge on any atom is 0.126 e. The van der Waals surface area contributed by atoms with E-state index in [-0.39, 0.29) is 11.2 Å². The Morgan fingerprint density at radius 2 is 2.22 bits per heavy atom. The summed E-state index contributed by atoms with van der Waals surface area (Å²) in [5, 5.41) is 12.9. The van der Waals surface area contributed by atoms with E-state index in [0.717, 1.165) is 24.8 Å². The van der Waals surface area contributed by atoms with E-state index in [2.05, 4.69) is 11.4 Å². The van der Waals surface area contributed by atoms with Gasteiger partial charge in [-0.3, -0.25) is 0 Å². The van der Waals surface area contributed by atoms with Gasteiger partial charge in [0.2, 0.25) is 0 Å². The first-order valence-electron chi connectivity index (χ1n) is 6.13. The highest BCUT2D eigenvalue weighted by molar-refractivity contribution is 6.31. The van der Waals surface area contributed by atoms with E-state index in [1.807, 2.05) is 0 Å². The minimum Gasteiger partial charge on any atom is -0.311 e. The van der Waals surface area contributed by atoms with Crippen LogP contribution in [0.2, 0.25) is 5.02 Å². The molecule has 0 saturated heterocycles. The van der Waals surface area contributed by atoms with Crippen LogP contribution in [0.15, 0.2) is 12.1 Å². The lowest BCUT2D eigenvalue weighted by molar-refractivity contribution is 0.206. The van der Waals surface area contributed by atoms with E-state index in [1.54, 1.807) is 13.0 Å². The lowest BCUT2D eigenvalue weighted by atomic mass is 9.70. The smallest absolute Gasteiger partial charge is 0.126 e. The molecule has 2 rings (SSSR count). The van der Waals surface area contributed by atoms with Crippen LogP contribution in [0.5, 0.6) is 0 Å². The van der Waals surface area contributed by atoms with E-state index in [1.165, 1.54) is 6.07 Å². The molecule has 1 aliphatic rings. The normalized spacial score (nSPS) is 17.0. The molecule has 1 aliphatic carbocycles. The number of hydrogen-bond acceptors (Lipinski definition) is 2. The van der Waals surface area contributed by atoms with Crippen molar-refractivity contribution in [2.24, 2.45) is 5.41 Å². The molecule has 1 N–H and O–H groups in total. The number of rotatable bonds is 4. The van der Waals surface area contributed by atoms with Gasteiger partial charge < -0.3 is 5.32 Å². The Bertz CT molecular complexity index is 489. The molecule has 0 spiro atoms. The van der Waals surface area contributed by atoms with Crippen molar-refractivity contribution in [3.8, 4) is 6.07 Å². The molecule has 1 aromatic rings. The molecule has 1 fully saturated rings. The van der Waals surface area contributed by atoms with Gasteiger partial charge >= 0.3 is 0 Å². The minimum absolute atomic E-state index is 0.213. The summed E-state index contributed by atoms with van der Waals surface area (Å²) < 4.78 is 13.4. The lowest BCUT2D eigenvalue weighted by Crippen LogP contribution is -2.38. The van der Waals surface area contributed by atoms with E-state index in [0.29, 0.717) is 23.7 Å². The summed E-state index contributed by atoms with van der Waals surface area (Å²) in [7, 11) is 0. The zero-order valence-electron chi connectivity index (χ0n) is 10.4. The van der Waals surface area contributed by atoms with Crippen LogP contribution in [-0.2, 0) is 6.54 Å². The molecule has 18 heavy (non-hydrogen) atoms. The average molecular weight is 267 g/mol. The molecule has 1 saturated carbocycles. The van der Waals surface area contributed by atoms with Crippen LogP contribution in [0.1, 0.15) is 30.4 Å². The van der Waals surface area contributed by atoms with Crippen molar-refractivity contribution in [2.45, 2.75) is 32.7 Å². The minimum atomic E-state index is -0.241. The van der Waals surface area contributed by atoms with Crippen molar-refractivity contribution < 1.29 is 4.39 Å². The third-order valence-corrected chi connectivity index (χ3v) is 4.01. The zero-order valence-corrected chi connectivity index (χ0v) is 11.1. The van der Waals surface area contributed by atoms with Crippen molar-refractivity contribution >= 4 is 11.6 Å². The second-order valence-corrected chi connectivity index (χ2v) is 5.45. The summed E-state index contributed by atoms with van der Waals surface area (Å²) in [6, 6.07) is 5.47. The third-order valence-electron chi connectivity index (χ3n) is 3.65. The Balaban J connectivity index is 1.95. The van der Waals surface area contributed by atoms with E-state index >= 15 is 0 Å². The first kappa shape index (κ1) is 13.3. The second-order valence-electron chi connectivity index (χ2n) is 5.04. The SMILES string of the molecule is Cc1cc(Cl)c(CNCC2(C#N)CCC2)cc1F. The Morgan fingerprint density at radius 3 is 2.78 bits per heavy atom. The molecule has 96 valence electrons. The van der Waals surface area contributed by atoms with E-state index in [4.69, 9.17) is 16.9 Å². The summed E-state index contributed by atoms with van der Waals surface area (Å²) in [4.78, 5) is 0. The second kappa shape index (κ2) is 5.26. The topological polar surface area (TPSA) is 35.8 Å². The zero-order chi connectivity index (χ0) is 13.2. The lowest BCUT2D eigenvalue weighted by Gasteiger charge is -2.35. The van der Waals surface area contributed by atoms with Crippen molar-refractivity contribution in [3.05, 3.63) is 34.1 Å². The van der Waals surface area contributed by atoms with Crippen LogP contribution in [0.3, 0.4) is 0 Å². The van der Waals surface area contributed by atoms with Crippen LogP contribution in [-0.4, -0.2) is 6.54 Å². The van der Waals surface area contributed by atoms with Crippen molar-refractivity contribution in [1.29, 1.82) is 5.26 Å². The maximum atomic E-state index is 13.4. The highest BCUT2D eigenvalue weighted by atomic mass is 35.5. The Hall–Kier alpha value is -1.11. The predicted octanol–water partition coefficient (Wildman–Crippen LogP) is 3.57. The highest BCUT2D eigenvalue weighted by Gasteiger charge is 2.36. The van der Waals surface area contributed by atoms with Gasteiger partial charge in [0.25, 0.3) is 0 Å². The molecule has 2 nitrogen and oxygen atoms in total. The van der Waals surface area contributed by atoms with Gasteiger partial charge in [-0.25, -0.2) is 4.39 Å². The fourth-order valence-corrected chi connectivity index (χ4v) is 2.48. The fraction of sp³-hybridized carbons (Fsp3) is 0.500. The maximum absolute atomic E-state index is 13.4. The summed E-state index contributed by atoms with van der Waals surface area (Å²) in [6.45, 7) is 2.84. The number of aryl methyl sites for hydroxylation is 1. The van der Waals surface area contributed by atoms with Gasteiger partial charge in [0.05, 0.1) is 11.5 Å². The predicted molar refractivity (Wildman–Crippen MR) is 69.8 cm³/mol. The molecular weight excluding hydrogens is 251 g/mol. The van der Waals surface area contributed by atoms with Crippen LogP contribution in [0, 0.1) is 29.5 Å². The quantitative estimate of drug-likeness (QED) is 0.904. The molecule has 0 radical (unpaired) electrons. The van der Waals surface area contributed by atoms with Crippen LogP contribution in [0.4, 0.5) is 4.39 Å². The highest BCUT2D eigenvalue weighted by Crippen LogP contribution is 2.39. The molecule has 0 heterocycles. The first-order valence-corrected chi connectivity index (χ1v) is 6.51. The van der Waals surface area contributed by atoms with E-state index < -0.39 is 0 Å². The van der Waals surface area contributed by atoms with Crippen LogP contribution >= 0.6 is 11.6 Å². The number of nitrogens with one attached hydrogen (secondary N) is 1. The fourth-order valence-electron chi connectivity index (χ4n) is 2.19. The van der Waals surface area contributed by atoms with Crippen molar-refractivity contribution in [2.75, 3.05) is 6.54 Å². The number of hydrogen-bond donors (Lipinski definition) is 1.